The number of para-hydroxylation sites is 1. The standard InChI is InChI=1S/C18H23BrN2O2/c1-12-6-8-14(9-7-12)20-18(23)13-10-17(22)21(11-13)16-5-3-2-4-15(16)19/h2-5,12-14H,6-11H2,1H3,(H,20,23). The number of carbonyl (C=O) groups excluding carboxylic acids is 2. The van der Waals surface area contributed by atoms with Crippen LogP contribution in [0.4, 0.5) is 5.69 Å². The van der Waals surface area contributed by atoms with E-state index in [1.54, 1.807) is 4.90 Å². The first-order chi connectivity index (χ1) is 11.0. The molecular weight excluding hydrogens is 356 g/mol. The topological polar surface area (TPSA) is 49.4 Å². The van der Waals surface area contributed by atoms with E-state index in [2.05, 4.69) is 28.2 Å². The lowest BCUT2D eigenvalue weighted by molar-refractivity contribution is -0.127. The number of rotatable bonds is 3. The number of benzene rings is 1. The van der Waals surface area contributed by atoms with Crippen LogP contribution in [0.1, 0.15) is 39.0 Å². The van der Waals surface area contributed by atoms with Gasteiger partial charge in [-0.25, -0.2) is 0 Å². The van der Waals surface area contributed by atoms with Crippen LogP contribution in [-0.2, 0) is 9.59 Å². The van der Waals surface area contributed by atoms with E-state index in [0.29, 0.717) is 13.0 Å². The first-order valence-electron chi connectivity index (χ1n) is 8.40. The Morgan fingerprint density at radius 2 is 1.91 bits per heavy atom. The molecule has 2 fully saturated rings. The molecular formula is C18H23BrN2O2. The van der Waals surface area contributed by atoms with Gasteiger partial charge in [-0.1, -0.05) is 19.1 Å². The van der Waals surface area contributed by atoms with E-state index in [1.165, 1.54) is 12.8 Å². The van der Waals surface area contributed by atoms with Crippen molar-refractivity contribution in [1.82, 2.24) is 5.32 Å². The molecule has 23 heavy (non-hydrogen) atoms. The molecule has 0 spiro atoms. The highest BCUT2D eigenvalue weighted by atomic mass is 79.9. The van der Waals surface area contributed by atoms with Crippen LogP contribution in [-0.4, -0.2) is 24.4 Å². The Hall–Kier alpha value is -1.36. The SMILES string of the molecule is CC1CCC(NC(=O)C2CC(=O)N(c3ccccc3Br)C2)CC1. The van der Waals surface area contributed by atoms with Gasteiger partial charge < -0.3 is 10.2 Å². The van der Waals surface area contributed by atoms with Crippen molar-refractivity contribution in [2.75, 3.05) is 11.4 Å². The number of carbonyl (C=O) groups is 2. The molecule has 4 nitrogen and oxygen atoms in total. The summed E-state index contributed by atoms with van der Waals surface area (Å²) in [6, 6.07) is 7.93. The fourth-order valence-electron chi connectivity index (χ4n) is 3.51. The first-order valence-corrected chi connectivity index (χ1v) is 9.19. The Labute approximate surface area is 145 Å². The molecule has 0 bridgehead atoms. The fourth-order valence-corrected chi connectivity index (χ4v) is 4.01. The molecule has 1 heterocycles. The van der Waals surface area contributed by atoms with Crippen LogP contribution >= 0.6 is 15.9 Å². The molecule has 1 saturated heterocycles. The second kappa shape index (κ2) is 7.04. The lowest BCUT2D eigenvalue weighted by Crippen LogP contribution is -2.41. The van der Waals surface area contributed by atoms with Crippen LogP contribution in [0.2, 0.25) is 0 Å². The molecule has 1 unspecified atom stereocenters. The van der Waals surface area contributed by atoms with Gasteiger partial charge >= 0.3 is 0 Å². The van der Waals surface area contributed by atoms with Gasteiger partial charge in [-0.3, -0.25) is 9.59 Å². The van der Waals surface area contributed by atoms with E-state index in [0.717, 1.165) is 28.9 Å². The minimum absolute atomic E-state index is 0.0225. The van der Waals surface area contributed by atoms with Crippen molar-refractivity contribution < 1.29 is 9.59 Å². The van der Waals surface area contributed by atoms with E-state index in [4.69, 9.17) is 0 Å². The molecule has 124 valence electrons. The van der Waals surface area contributed by atoms with Crippen molar-refractivity contribution in [3.8, 4) is 0 Å². The molecule has 1 aromatic carbocycles. The highest BCUT2D eigenvalue weighted by molar-refractivity contribution is 9.10. The number of nitrogens with one attached hydrogen (secondary N) is 1. The lowest BCUT2D eigenvalue weighted by atomic mass is 9.87. The number of anilines is 1. The van der Waals surface area contributed by atoms with Gasteiger partial charge in [0.25, 0.3) is 0 Å². The molecule has 2 aliphatic rings. The third-order valence-electron chi connectivity index (χ3n) is 5.00. The molecule has 1 aliphatic heterocycles. The Bertz CT molecular complexity index is 596. The molecule has 1 aliphatic carbocycles. The number of halogens is 1. The summed E-state index contributed by atoms with van der Waals surface area (Å²) in [6.07, 6.45) is 4.77. The van der Waals surface area contributed by atoms with Crippen LogP contribution in [0, 0.1) is 11.8 Å². The second-order valence-corrected chi connectivity index (χ2v) is 7.68. The van der Waals surface area contributed by atoms with Crippen molar-refractivity contribution in [2.45, 2.75) is 45.1 Å². The maximum atomic E-state index is 12.5. The minimum Gasteiger partial charge on any atom is -0.353 e. The minimum atomic E-state index is -0.242. The third kappa shape index (κ3) is 3.77. The summed E-state index contributed by atoms with van der Waals surface area (Å²) >= 11 is 3.48. The van der Waals surface area contributed by atoms with Gasteiger partial charge in [0, 0.05) is 23.5 Å². The summed E-state index contributed by atoms with van der Waals surface area (Å²) < 4.78 is 0.885. The number of hydrogen-bond acceptors (Lipinski definition) is 2. The third-order valence-corrected chi connectivity index (χ3v) is 5.67. The predicted octanol–water partition coefficient (Wildman–Crippen LogP) is 3.50. The highest BCUT2D eigenvalue weighted by Crippen LogP contribution is 2.31. The average Bonchev–Trinajstić information content (AvgIpc) is 2.92. The summed E-state index contributed by atoms with van der Waals surface area (Å²) in [5.74, 6) is 0.581. The summed E-state index contributed by atoms with van der Waals surface area (Å²) in [5, 5.41) is 3.16. The maximum absolute atomic E-state index is 12.5. The zero-order chi connectivity index (χ0) is 16.4. The molecule has 1 aromatic rings. The molecule has 0 radical (unpaired) electrons. The van der Waals surface area contributed by atoms with E-state index < -0.39 is 0 Å². The molecule has 3 rings (SSSR count). The van der Waals surface area contributed by atoms with Crippen molar-refractivity contribution in [3.05, 3.63) is 28.7 Å². The van der Waals surface area contributed by atoms with Crippen LogP contribution in [0.5, 0.6) is 0 Å². The number of amides is 2. The first kappa shape index (κ1) is 16.5. The van der Waals surface area contributed by atoms with E-state index in [9.17, 15) is 9.59 Å². The summed E-state index contributed by atoms with van der Waals surface area (Å²) in [6.45, 7) is 2.74. The number of hydrogen-bond donors (Lipinski definition) is 1. The van der Waals surface area contributed by atoms with Gasteiger partial charge in [0.15, 0.2) is 0 Å². The van der Waals surface area contributed by atoms with Crippen LogP contribution in [0.3, 0.4) is 0 Å². The zero-order valence-corrected chi connectivity index (χ0v) is 15.0. The van der Waals surface area contributed by atoms with Crippen LogP contribution in [0.15, 0.2) is 28.7 Å². The molecule has 1 saturated carbocycles. The van der Waals surface area contributed by atoms with Crippen LogP contribution < -0.4 is 10.2 Å². The normalized spacial score (nSPS) is 28.0. The van der Waals surface area contributed by atoms with Crippen molar-refractivity contribution >= 4 is 33.4 Å². The van der Waals surface area contributed by atoms with E-state index in [-0.39, 0.29) is 23.8 Å². The van der Waals surface area contributed by atoms with Gasteiger partial charge in [-0.15, -0.1) is 0 Å². The zero-order valence-electron chi connectivity index (χ0n) is 13.4. The van der Waals surface area contributed by atoms with Crippen molar-refractivity contribution in [1.29, 1.82) is 0 Å². The number of nitrogens with zero attached hydrogens (tertiary/aromatic N) is 1. The molecule has 1 N–H and O–H groups in total. The van der Waals surface area contributed by atoms with Crippen molar-refractivity contribution in [2.24, 2.45) is 11.8 Å². The van der Waals surface area contributed by atoms with Gasteiger partial charge in [-0.05, 0) is 59.7 Å². The van der Waals surface area contributed by atoms with E-state index in [1.807, 2.05) is 24.3 Å². The lowest BCUT2D eigenvalue weighted by Gasteiger charge is -2.27. The van der Waals surface area contributed by atoms with E-state index >= 15 is 0 Å². The largest absolute Gasteiger partial charge is 0.353 e. The molecule has 2 amide bonds. The van der Waals surface area contributed by atoms with Crippen LogP contribution in [0.25, 0.3) is 0 Å². The predicted molar refractivity (Wildman–Crippen MR) is 94.2 cm³/mol. The van der Waals surface area contributed by atoms with Crippen molar-refractivity contribution in [3.63, 3.8) is 0 Å². The maximum Gasteiger partial charge on any atom is 0.227 e. The average molecular weight is 379 g/mol. The quantitative estimate of drug-likeness (QED) is 0.874. The fraction of sp³-hybridized carbons (Fsp3) is 0.556. The Kier molecular flexibility index (Phi) is 5.05. The highest BCUT2D eigenvalue weighted by Gasteiger charge is 2.36. The summed E-state index contributed by atoms with van der Waals surface area (Å²) in [4.78, 5) is 26.5. The second-order valence-electron chi connectivity index (χ2n) is 6.82. The van der Waals surface area contributed by atoms with Gasteiger partial charge in [0.1, 0.15) is 0 Å². The van der Waals surface area contributed by atoms with Gasteiger partial charge in [0.05, 0.1) is 11.6 Å². The molecule has 5 heteroatoms. The molecule has 0 aromatic heterocycles. The van der Waals surface area contributed by atoms with Gasteiger partial charge in [0.2, 0.25) is 11.8 Å². The Morgan fingerprint density at radius 3 is 2.61 bits per heavy atom. The van der Waals surface area contributed by atoms with Gasteiger partial charge in [-0.2, -0.15) is 0 Å². The Morgan fingerprint density at radius 1 is 1.22 bits per heavy atom. The Balaban J connectivity index is 1.61. The smallest absolute Gasteiger partial charge is 0.227 e. The molecule has 1 atom stereocenters. The summed E-state index contributed by atoms with van der Waals surface area (Å²) in [5.41, 5.74) is 0.847. The summed E-state index contributed by atoms with van der Waals surface area (Å²) in [7, 11) is 0. The monoisotopic (exact) mass is 378 g/mol.